The van der Waals surface area contributed by atoms with Crippen LogP contribution in [0.5, 0.6) is 0 Å². The SMILES string of the molecule is c1csc(CCN2CCn3c(nnc3C3CC3)C2)c1. The largest absolute Gasteiger partial charge is 0.312 e. The summed E-state index contributed by atoms with van der Waals surface area (Å²) >= 11 is 1.85. The van der Waals surface area contributed by atoms with Crippen molar-refractivity contribution in [2.45, 2.75) is 38.3 Å². The summed E-state index contributed by atoms with van der Waals surface area (Å²) in [7, 11) is 0. The van der Waals surface area contributed by atoms with Crippen molar-refractivity contribution in [2.75, 3.05) is 13.1 Å². The Kier molecular flexibility index (Phi) is 2.89. The molecule has 0 spiro atoms. The van der Waals surface area contributed by atoms with Crippen molar-refractivity contribution in [3.63, 3.8) is 0 Å². The quantitative estimate of drug-likeness (QED) is 0.857. The summed E-state index contributed by atoms with van der Waals surface area (Å²) in [5, 5.41) is 10.9. The van der Waals surface area contributed by atoms with Crippen molar-refractivity contribution in [3.8, 4) is 0 Å². The van der Waals surface area contributed by atoms with E-state index < -0.39 is 0 Å². The maximum Gasteiger partial charge on any atom is 0.147 e. The molecular formula is C14H18N4S. The van der Waals surface area contributed by atoms with E-state index in [9.17, 15) is 0 Å². The van der Waals surface area contributed by atoms with E-state index in [0.717, 1.165) is 32.6 Å². The van der Waals surface area contributed by atoms with E-state index in [1.165, 1.54) is 29.4 Å². The highest BCUT2D eigenvalue weighted by atomic mass is 32.1. The molecule has 2 aliphatic rings. The third-order valence-electron chi connectivity index (χ3n) is 4.06. The first kappa shape index (κ1) is 11.6. The molecule has 0 aromatic carbocycles. The molecule has 1 fully saturated rings. The van der Waals surface area contributed by atoms with Gasteiger partial charge < -0.3 is 4.57 Å². The van der Waals surface area contributed by atoms with Gasteiger partial charge in [-0.3, -0.25) is 4.90 Å². The highest BCUT2D eigenvalue weighted by molar-refractivity contribution is 7.09. The third kappa shape index (κ3) is 2.32. The zero-order chi connectivity index (χ0) is 12.7. The minimum absolute atomic E-state index is 0.707. The normalized spacial score (nSPS) is 19.6. The molecule has 0 unspecified atom stereocenters. The van der Waals surface area contributed by atoms with Crippen LogP contribution < -0.4 is 0 Å². The molecule has 1 aliphatic heterocycles. The van der Waals surface area contributed by atoms with Crippen molar-refractivity contribution >= 4 is 11.3 Å². The van der Waals surface area contributed by atoms with Crippen molar-refractivity contribution < 1.29 is 0 Å². The summed E-state index contributed by atoms with van der Waals surface area (Å²) in [4.78, 5) is 3.98. The summed E-state index contributed by atoms with van der Waals surface area (Å²) in [6.45, 7) is 4.30. The fourth-order valence-corrected chi connectivity index (χ4v) is 3.49. The van der Waals surface area contributed by atoms with Crippen LogP contribution in [-0.4, -0.2) is 32.8 Å². The van der Waals surface area contributed by atoms with Gasteiger partial charge in [-0.2, -0.15) is 0 Å². The van der Waals surface area contributed by atoms with Gasteiger partial charge in [0.1, 0.15) is 11.6 Å². The molecule has 0 amide bonds. The predicted octanol–water partition coefficient (Wildman–Crippen LogP) is 2.28. The number of aromatic nitrogens is 3. The molecule has 4 nitrogen and oxygen atoms in total. The van der Waals surface area contributed by atoms with E-state index in [2.05, 4.69) is 37.2 Å². The van der Waals surface area contributed by atoms with Crippen molar-refractivity contribution in [1.82, 2.24) is 19.7 Å². The Bertz CT molecular complexity index is 556. The van der Waals surface area contributed by atoms with Gasteiger partial charge in [0.15, 0.2) is 0 Å². The van der Waals surface area contributed by atoms with E-state index in [4.69, 9.17) is 0 Å². The molecule has 0 saturated heterocycles. The molecule has 3 heterocycles. The van der Waals surface area contributed by atoms with Crippen LogP contribution in [0.1, 0.15) is 35.3 Å². The molecule has 1 saturated carbocycles. The van der Waals surface area contributed by atoms with E-state index in [0.29, 0.717) is 5.92 Å². The molecule has 2 aromatic heterocycles. The Morgan fingerprint density at radius 2 is 2.21 bits per heavy atom. The van der Waals surface area contributed by atoms with Gasteiger partial charge in [-0.05, 0) is 30.7 Å². The second-order valence-corrected chi connectivity index (χ2v) is 6.54. The highest BCUT2D eigenvalue weighted by Crippen LogP contribution is 2.39. The number of rotatable bonds is 4. The lowest BCUT2D eigenvalue weighted by Crippen LogP contribution is -2.35. The van der Waals surface area contributed by atoms with E-state index in [1.807, 2.05) is 11.3 Å². The Hall–Kier alpha value is -1.20. The van der Waals surface area contributed by atoms with Crippen LogP contribution in [0.2, 0.25) is 0 Å². The second kappa shape index (κ2) is 4.72. The van der Waals surface area contributed by atoms with Gasteiger partial charge in [0, 0.05) is 30.4 Å². The first-order valence-corrected chi connectivity index (χ1v) is 7.95. The Morgan fingerprint density at radius 1 is 1.26 bits per heavy atom. The lowest BCUT2D eigenvalue weighted by atomic mass is 10.2. The molecule has 2 aromatic rings. The minimum Gasteiger partial charge on any atom is -0.312 e. The number of hydrogen-bond acceptors (Lipinski definition) is 4. The van der Waals surface area contributed by atoms with Crippen molar-refractivity contribution in [3.05, 3.63) is 34.0 Å². The third-order valence-corrected chi connectivity index (χ3v) is 4.99. The topological polar surface area (TPSA) is 34.0 Å². The number of hydrogen-bond donors (Lipinski definition) is 0. The maximum atomic E-state index is 4.39. The Labute approximate surface area is 117 Å². The van der Waals surface area contributed by atoms with Gasteiger partial charge in [-0.1, -0.05) is 6.07 Å². The molecule has 0 N–H and O–H groups in total. The summed E-state index contributed by atoms with van der Waals surface area (Å²) in [5.74, 6) is 3.12. The van der Waals surface area contributed by atoms with Gasteiger partial charge >= 0.3 is 0 Å². The molecular weight excluding hydrogens is 256 g/mol. The van der Waals surface area contributed by atoms with Gasteiger partial charge in [0.05, 0.1) is 6.54 Å². The molecule has 0 bridgehead atoms. The van der Waals surface area contributed by atoms with Crippen LogP contribution in [0, 0.1) is 0 Å². The Morgan fingerprint density at radius 3 is 3.00 bits per heavy atom. The first-order chi connectivity index (χ1) is 9.40. The van der Waals surface area contributed by atoms with E-state index in [-0.39, 0.29) is 0 Å². The standard InChI is InChI=1S/C14H18N4S/c1-2-12(19-9-1)5-6-17-7-8-18-13(10-17)15-16-14(18)11-3-4-11/h1-2,9,11H,3-8,10H2. The zero-order valence-corrected chi connectivity index (χ0v) is 11.8. The molecule has 100 valence electrons. The zero-order valence-electron chi connectivity index (χ0n) is 11.0. The molecule has 0 atom stereocenters. The maximum absolute atomic E-state index is 4.39. The van der Waals surface area contributed by atoms with Gasteiger partial charge in [0.2, 0.25) is 0 Å². The first-order valence-electron chi connectivity index (χ1n) is 7.07. The lowest BCUT2D eigenvalue weighted by Gasteiger charge is -2.27. The van der Waals surface area contributed by atoms with Crippen LogP contribution >= 0.6 is 11.3 Å². The molecule has 19 heavy (non-hydrogen) atoms. The number of nitrogens with zero attached hydrogens (tertiary/aromatic N) is 4. The number of fused-ring (bicyclic) bond motifs is 1. The summed E-state index contributed by atoms with van der Waals surface area (Å²) in [5.41, 5.74) is 0. The average Bonchev–Trinajstić information content (AvgIpc) is 3.00. The molecule has 1 aliphatic carbocycles. The van der Waals surface area contributed by atoms with Crippen LogP contribution in [0.25, 0.3) is 0 Å². The molecule has 5 heteroatoms. The predicted molar refractivity (Wildman–Crippen MR) is 75.3 cm³/mol. The molecule has 4 rings (SSSR count). The van der Waals surface area contributed by atoms with Crippen LogP contribution in [-0.2, 0) is 19.5 Å². The van der Waals surface area contributed by atoms with E-state index >= 15 is 0 Å². The fraction of sp³-hybridized carbons (Fsp3) is 0.571. The van der Waals surface area contributed by atoms with Gasteiger partial charge in [-0.25, -0.2) is 0 Å². The fourth-order valence-electron chi connectivity index (χ4n) is 2.79. The van der Waals surface area contributed by atoms with Gasteiger partial charge in [0.25, 0.3) is 0 Å². The van der Waals surface area contributed by atoms with Gasteiger partial charge in [-0.15, -0.1) is 21.5 Å². The van der Waals surface area contributed by atoms with Crippen LogP contribution in [0.4, 0.5) is 0 Å². The number of thiophene rings is 1. The minimum atomic E-state index is 0.707. The lowest BCUT2D eigenvalue weighted by molar-refractivity contribution is 0.218. The summed E-state index contributed by atoms with van der Waals surface area (Å²) in [6.07, 6.45) is 3.77. The second-order valence-electron chi connectivity index (χ2n) is 5.51. The average molecular weight is 274 g/mol. The highest BCUT2D eigenvalue weighted by Gasteiger charge is 2.31. The molecule has 0 radical (unpaired) electrons. The van der Waals surface area contributed by atoms with Crippen molar-refractivity contribution in [2.24, 2.45) is 0 Å². The summed E-state index contributed by atoms with van der Waals surface area (Å²) < 4.78 is 2.36. The van der Waals surface area contributed by atoms with Crippen LogP contribution in [0.3, 0.4) is 0 Å². The van der Waals surface area contributed by atoms with Crippen LogP contribution in [0.15, 0.2) is 17.5 Å². The van der Waals surface area contributed by atoms with Crippen molar-refractivity contribution in [1.29, 1.82) is 0 Å². The van der Waals surface area contributed by atoms with E-state index in [1.54, 1.807) is 0 Å². The summed E-state index contributed by atoms with van der Waals surface area (Å²) in [6, 6.07) is 4.36. The monoisotopic (exact) mass is 274 g/mol. The Balaban J connectivity index is 1.41. The smallest absolute Gasteiger partial charge is 0.147 e.